The van der Waals surface area contributed by atoms with Crippen LogP contribution in [0.3, 0.4) is 0 Å². The second-order valence-corrected chi connectivity index (χ2v) is 2.73. The molecule has 0 amide bonds. The highest BCUT2D eigenvalue weighted by Crippen LogP contribution is 2.16. The fourth-order valence-corrected chi connectivity index (χ4v) is 1.08. The SMILES string of the molecule is CN(C)c1ccncc1CC#N. The molecule has 62 valence electrons. The summed E-state index contributed by atoms with van der Waals surface area (Å²) in [6.45, 7) is 0. The predicted octanol–water partition coefficient (Wildman–Crippen LogP) is 1.21. The highest BCUT2D eigenvalue weighted by Gasteiger charge is 2.02. The first-order valence-corrected chi connectivity index (χ1v) is 3.73. The summed E-state index contributed by atoms with van der Waals surface area (Å²) in [5, 5.41) is 8.53. The minimum atomic E-state index is 0.418. The van der Waals surface area contributed by atoms with Gasteiger partial charge in [0.1, 0.15) is 0 Å². The topological polar surface area (TPSA) is 39.9 Å². The summed E-state index contributed by atoms with van der Waals surface area (Å²) in [5.41, 5.74) is 2.04. The molecular weight excluding hydrogens is 150 g/mol. The fraction of sp³-hybridized carbons (Fsp3) is 0.333. The molecule has 0 N–H and O–H groups in total. The van der Waals surface area contributed by atoms with Crippen molar-refractivity contribution in [2.75, 3.05) is 19.0 Å². The minimum absolute atomic E-state index is 0.418. The van der Waals surface area contributed by atoms with Crippen LogP contribution in [0.2, 0.25) is 0 Å². The molecule has 0 aliphatic heterocycles. The summed E-state index contributed by atoms with van der Waals surface area (Å²) in [5.74, 6) is 0. The summed E-state index contributed by atoms with van der Waals surface area (Å²) in [7, 11) is 3.91. The molecule has 1 rings (SSSR count). The van der Waals surface area contributed by atoms with Gasteiger partial charge in [-0.2, -0.15) is 5.26 Å². The third-order valence-electron chi connectivity index (χ3n) is 1.63. The highest BCUT2D eigenvalue weighted by atomic mass is 15.1. The van der Waals surface area contributed by atoms with Gasteiger partial charge < -0.3 is 4.90 Å². The van der Waals surface area contributed by atoms with Crippen molar-refractivity contribution in [2.24, 2.45) is 0 Å². The van der Waals surface area contributed by atoms with Crippen LogP contribution in [-0.2, 0) is 6.42 Å². The van der Waals surface area contributed by atoms with Crippen molar-refractivity contribution in [1.82, 2.24) is 4.98 Å². The molecule has 0 saturated carbocycles. The Morgan fingerprint density at radius 2 is 2.33 bits per heavy atom. The molecule has 0 spiro atoms. The Balaban J connectivity index is 3.02. The van der Waals surface area contributed by atoms with Gasteiger partial charge in [-0.1, -0.05) is 0 Å². The molecule has 12 heavy (non-hydrogen) atoms. The van der Waals surface area contributed by atoms with Crippen LogP contribution < -0.4 is 4.90 Å². The Hall–Kier alpha value is -1.56. The summed E-state index contributed by atoms with van der Waals surface area (Å²) < 4.78 is 0. The summed E-state index contributed by atoms with van der Waals surface area (Å²) in [6, 6.07) is 4.02. The number of hydrogen-bond acceptors (Lipinski definition) is 3. The minimum Gasteiger partial charge on any atom is -0.377 e. The zero-order chi connectivity index (χ0) is 8.97. The van der Waals surface area contributed by atoms with Crippen molar-refractivity contribution in [3.8, 4) is 6.07 Å². The van der Waals surface area contributed by atoms with Gasteiger partial charge in [0, 0.05) is 37.7 Å². The van der Waals surface area contributed by atoms with E-state index in [1.807, 2.05) is 25.1 Å². The highest BCUT2D eigenvalue weighted by molar-refractivity contribution is 5.51. The first-order valence-electron chi connectivity index (χ1n) is 3.73. The lowest BCUT2D eigenvalue weighted by molar-refractivity contribution is 1.07. The maximum Gasteiger partial charge on any atom is 0.0671 e. The molecule has 3 nitrogen and oxygen atoms in total. The van der Waals surface area contributed by atoms with E-state index >= 15 is 0 Å². The number of rotatable bonds is 2. The van der Waals surface area contributed by atoms with E-state index in [2.05, 4.69) is 11.1 Å². The normalized spacial score (nSPS) is 9.08. The monoisotopic (exact) mass is 161 g/mol. The van der Waals surface area contributed by atoms with E-state index < -0.39 is 0 Å². The summed E-state index contributed by atoms with van der Waals surface area (Å²) in [6.07, 6.45) is 3.89. The number of pyridine rings is 1. The number of anilines is 1. The third kappa shape index (κ3) is 1.73. The van der Waals surface area contributed by atoms with Crippen molar-refractivity contribution in [3.63, 3.8) is 0 Å². The molecule has 1 heterocycles. The van der Waals surface area contributed by atoms with Crippen LogP contribution in [0, 0.1) is 11.3 Å². The predicted molar refractivity (Wildman–Crippen MR) is 47.9 cm³/mol. The number of nitrogens with zero attached hydrogens (tertiary/aromatic N) is 3. The molecule has 1 aromatic rings. The molecule has 0 fully saturated rings. The van der Waals surface area contributed by atoms with Crippen molar-refractivity contribution in [3.05, 3.63) is 24.0 Å². The molecule has 0 aliphatic rings. The van der Waals surface area contributed by atoms with Gasteiger partial charge >= 0.3 is 0 Å². The zero-order valence-corrected chi connectivity index (χ0v) is 7.28. The van der Waals surface area contributed by atoms with Gasteiger partial charge in [-0.15, -0.1) is 0 Å². The first-order chi connectivity index (χ1) is 5.75. The van der Waals surface area contributed by atoms with Crippen LogP contribution >= 0.6 is 0 Å². The largest absolute Gasteiger partial charge is 0.377 e. The molecule has 0 unspecified atom stereocenters. The molecule has 0 aromatic carbocycles. The summed E-state index contributed by atoms with van der Waals surface area (Å²) >= 11 is 0. The molecule has 3 heteroatoms. The van der Waals surface area contributed by atoms with Gasteiger partial charge in [0.15, 0.2) is 0 Å². The van der Waals surface area contributed by atoms with E-state index in [4.69, 9.17) is 5.26 Å². The van der Waals surface area contributed by atoms with Crippen LogP contribution in [0.5, 0.6) is 0 Å². The lowest BCUT2D eigenvalue weighted by Crippen LogP contribution is -2.11. The molecular formula is C9H11N3. The van der Waals surface area contributed by atoms with E-state index in [0.29, 0.717) is 6.42 Å². The van der Waals surface area contributed by atoms with Gasteiger partial charge in [-0.25, -0.2) is 0 Å². The fourth-order valence-electron chi connectivity index (χ4n) is 1.08. The van der Waals surface area contributed by atoms with Crippen molar-refractivity contribution in [1.29, 1.82) is 5.26 Å². The van der Waals surface area contributed by atoms with E-state index in [1.165, 1.54) is 0 Å². The Labute approximate surface area is 72.3 Å². The molecule has 0 bridgehead atoms. The average molecular weight is 161 g/mol. The van der Waals surface area contributed by atoms with Crippen LogP contribution in [0.25, 0.3) is 0 Å². The quantitative estimate of drug-likeness (QED) is 0.654. The average Bonchev–Trinajstić information content (AvgIpc) is 2.05. The Morgan fingerprint density at radius 1 is 1.58 bits per heavy atom. The summed E-state index contributed by atoms with van der Waals surface area (Å²) in [4.78, 5) is 5.95. The van der Waals surface area contributed by atoms with Crippen molar-refractivity contribution < 1.29 is 0 Å². The van der Waals surface area contributed by atoms with Gasteiger partial charge in [0.2, 0.25) is 0 Å². The van der Waals surface area contributed by atoms with Gasteiger partial charge in [0.05, 0.1) is 12.5 Å². The standard InChI is InChI=1S/C9H11N3/c1-12(2)9-4-6-11-7-8(9)3-5-10/h4,6-7H,3H2,1-2H3. The molecule has 0 atom stereocenters. The Morgan fingerprint density at radius 3 is 2.92 bits per heavy atom. The van der Waals surface area contributed by atoms with Crippen LogP contribution in [0.1, 0.15) is 5.56 Å². The second-order valence-electron chi connectivity index (χ2n) is 2.73. The third-order valence-corrected chi connectivity index (χ3v) is 1.63. The Bertz CT molecular complexity index is 299. The van der Waals surface area contributed by atoms with Crippen LogP contribution in [-0.4, -0.2) is 19.1 Å². The molecule has 0 radical (unpaired) electrons. The van der Waals surface area contributed by atoms with Crippen molar-refractivity contribution >= 4 is 5.69 Å². The van der Waals surface area contributed by atoms with E-state index in [-0.39, 0.29) is 0 Å². The number of hydrogen-bond donors (Lipinski definition) is 0. The van der Waals surface area contributed by atoms with Crippen LogP contribution in [0.4, 0.5) is 5.69 Å². The van der Waals surface area contributed by atoms with Gasteiger partial charge in [-0.3, -0.25) is 4.98 Å². The smallest absolute Gasteiger partial charge is 0.0671 e. The second kappa shape index (κ2) is 3.72. The zero-order valence-electron chi connectivity index (χ0n) is 7.28. The van der Waals surface area contributed by atoms with E-state index in [9.17, 15) is 0 Å². The maximum atomic E-state index is 8.53. The lowest BCUT2D eigenvalue weighted by Gasteiger charge is -2.14. The molecule has 0 aliphatic carbocycles. The first kappa shape index (κ1) is 8.54. The van der Waals surface area contributed by atoms with E-state index in [0.717, 1.165) is 11.3 Å². The van der Waals surface area contributed by atoms with Crippen LogP contribution in [0.15, 0.2) is 18.5 Å². The van der Waals surface area contributed by atoms with Gasteiger partial charge in [0.25, 0.3) is 0 Å². The van der Waals surface area contributed by atoms with Gasteiger partial charge in [-0.05, 0) is 6.07 Å². The number of aromatic nitrogens is 1. The Kier molecular flexibility index (Phi) is 2.65. The number of nitriles is 1. The molecule has 0 saturated heterocycles. The van der Waals surface area contributed by atoms with E-state index in [1.54, 1.807) is 12.4 Å². The molecule has 1 aromatic heterocycles. The maximum absolute atomic E-state index is 8.53. The lowest BCUT2D eigenvalue weighted by atomic mass is 10.2. The van der Waals surface area contributed by atoms with Crippen molar-refractivity contribution in [2.45, 2.75) is 6.42 Å².